The summed E-state index contributed by atoms with van der Waals surface area (Å²) in [4.78, 5) is 15.2. The van der Waals surface area contributed by atoms with E-state index in [9.17, 15) is 4.79 Å². The van der Waals surface area contributed by atoms with E-state index in [2.05, 4.69) is 46.1 Å². The first-order valence-electron chi connectivity index (χ1n) is 7.48. The molecule has 2 heterocycles. The summed E-state index contributed by atoms with van der Waals surface area (Å²) < 4.78 is 1.09. The molecule has 4 N–H and O–H groups in total. The molecule has 118 valence electrons. The van der Waals surface area contributed by atoms with E-state index in [0.29, 0.717) is 12.6 Å². The second-order valence-corrected chi connectivity index (χ2v) is 7.77. The number of hydrogen-bond acceptors (Lipinski definition) is 4. The van der Waals surface area contributed by atoms with Crippen LogP contribution in [0.3, 0.4) is 0 Å². The van der Waals surface area contributed by atoms with E-state index in [1.165, 1.54) is 4.88 Å². The van der Waals surface area contributed by atoms with Gasteiger partial charge in [-0.1, -0.05) is 6.92 Å². The number of piperidine rings is 1. The normalized spacial score (nSPS) is 26.5. The number of amides is 1. The number of nitrogens with zero attached hydrogens (tertiary/aromatic N) is 1. The Morgan fingerprint density at radius 1 is 1.57 bits per heavy atom. The van der Waals surface area contributed by atoms with Gasteiger partial charge in [0.2, 0.25) is 5.91 Å². The van der Waals surface area contributed by atoms with Crippen molar-refractivity contribution in [3.63, 3.8) is 0 Å². The van der Waals surface area contributed by atoms with Crippen molar-refractivity contribution in [3.05, 3.63) is 20.8 Å². The summed E-state index contributed by atoms with van der Waals surface area (Å²) in [5.74, 6) is -0.251. The van der Waals surface area contributed by atoms with Crippen molar-refractivity contribution in [2.75, 3.05) is 6.54 Å². The van der Waals surface area contributed by atoms with Gasteiger partial charge in [-0.25, -0.2) is 0 Å². The van der Waals surface area contributed by atoms with Crippen LogP contribution in [0.2, 0.25) is 0 Å². The summed E-state index contributed by atoms with van der Waals surface area (Å²) >= 11 is 5.24. The fraction of sp³-hybridized carbons (Fsp3) is 0.667. The monoisotopic (exact) mass is 373 g/mol. The van der Waals surface area contributed by atoms with E-state index < -0.39 is 0 Å². The summed E-state index contributed by atoms with van der Waals surface area (Å²) in [6.07, 6.45) is 2.78. The van der Waals surface area contributed by atoms with Crippen LogP contribution < -0.4 is 11.5 Å². The molecule has 1 saturated heterocycles. The lowest BCUT2D eigenvalue weighted by atomic mass is 9.89. The maximum absolute atomic E-state index is 11.6. The lowest BCUT2D eigenvalue weighted by molar-refractivity contribution is -0.124. The molecule has 1 aliphatic rings. The van der Waals surface area contributed by atoms with Crippen LogP contribution in [0, 0.1) is 5.92 Å². The highest BCUT2D eigenvalue weighted by Crippen LogP contribution is 2.37. The van der Waals surface area contributed by atoms with Crippen molar-refractivity contribution in [2.24, 2.45) is 17.4 Å². The number of primary amides is 1. The van der Waals surface area contributed by atoms with Gasteiger partial charge in [0.15, 0.2) is 0 Å². The van der Waals surface area contributed by atoms with Crippen LogP contribution in [-0.4, -0.2) is 29.4 Å². The van der Waals surface area contributed by atoms with Gasteiger partial charge in [0, 0.05) is 33.4 Å². The molecule has 4 atom stereocenters. The Morgan fingerprint density at radius 3 is 2.81 bits per heavy atom. The topological polar surface area (TPSA) is 72.3 Å². The first-order valence-corrected chi connectivity index (χ1v) is 9.15. The fourth-order valence-electron chi connectivity index (χ4n) is 3.08. The minimum Gasteiger partial charge on any atom is -0.369 e. The van der Waals surface area contributed by atoms with E-state index in [4.69, 9.17) is 11.5 Å². The molecule has 1 aromatic heterocycles. The molecule has 6 heteroatoms. The van der Waals surface area contributed by atoms with Crippen LogP contribution in [-0.2, 0) is 4.79 Å². The zero-order valence-electron chi connectivity index (χ0n) is 12.6. The van der Waals surface area contributed by atoms with Gasteiger partial charge in [-0.15, -0.1) is 11.3 Å². The molecule has 0 radical (unpaired) electrons. The number of rotatable bonds is 5. The van der Waals surface area contributed by atoms with Crippen molar-refractivity contribution in [3.8, 4) is 0 Å². The Bertz CT molecular complexity index is 493. The lowest BCUT2D eigenvalue weighted by Gasteiger charge is -2.43. The quantitative estimate of drug-likeness (QED) is 0.833. The summed E-state index contributed by atoms with van der Waals surface area (Å²) in [5.41, 5.74) is 11.9. The summed E-state index contributed by atoms with van der Waals surface area (Å²) in [6, 6.07) is 2.78. The third-order valence-corrected chi connectivity index (χ3v) is 6.21. The third-order valence-electron chi connectivity index (χ3n) is 4.45. The van der Waals surface area contributed by atoms with Gasteiger partial charge in [-0.2, -0.15) is 0 Å². The highest BCUT2D eigenvalue weighted by Gasteiger charge is 2.36. The molecule has 0 bridgehead atoms. The number of nitrogens with two attached hydrogens (primary N) is 2. The minimum atomic E-state index is -0.192. The van der Waals surface area contributed by atoms with Crippen LogP contribution in [0.1, 0.15) is 44.0 Å². The highest BCUT2D eigenvalue weighted by atomic mass is 79.9. The Hall–Kier alpha value is -0.430. The van der Waals surface area contributed by atoms with Crippen molar-refractivity contribution in [1.29, 1.82) is 0 Å². The lowest BCUT2D eigenvalue weighted by Crippen LogP contribution is -2.51. The third kappa shape index (κ3) is 3.86. The smallest absolute Gasteiger partial charge is 0.221 e. The maximum atomic E-state index is 11.6. The Labute approximate surface area is 139 Å². The van der Waals surface area contributed by atoms with Crippen LogP contribution in [0.4, 0.5) is 0 Å². The average Bonchev–Trinajstić information content (AvgIpc) is 2.86. The van der Waals surface area contributed by atoms with Gasteiger partial charge >= 0.3 is 0 Å². The van der Waals surface area contributed by atoms with Crippen molar-refractivity contribution >= 4 is 33.2 Å². The average molecular weight is 374 g/mol. The number of hydrogen-bond donors (Lipinski definition) is 2. The van der Waals surface area contributed by atoms with Gasteiger partial charge in [0.25, 0.3) is 0 Å². The molecule has 0 aliphatic carbocycles. The standard InChI is InChI=1S/C15H24BrN3OS/c1-3-12(17)14(13-6-11(16)8-21-13)19-7-10(15(18)20)5-4-9(19)2/h6,8-10,12,14H,3-5,7,17H2,1-2H3,(H2,18,20). The van der Waals surface area contributed by atoms with E-state index in [-0.39, 0.29) is 23.9 Å². The van der Waals surface area contributed by atoms with Gasteiger partial charge in [-0.05, 0) is 48.2 Å². The first-order chi connectivity index (χ1) is 9.93. The molecule has 1 amide bonds. The van der Waals surface area contributed by atoms with Crippen LogP contribution in [0.5, 0.6) is 0 Å². The summed E-state index contributed by atoms with van der Waals surface area (Å²) in [7, 11) is 0. The van der Waals surface area contributed by atoms with Crippen molar-refractivity contribution < 1.29 is 4.79 Å². The first kappa shape index (κ1) is 16.9. The largest absolute Gasteiger partial charge is 0.369 e. The van der Waals surface area contributed by atoms with Gasteiger partial charge in [0.1, 0.15) is 0 Å². The van der Waals surface area contributed by atoms with Gasteiger partial charge in [0.05, 0.1) is 12.0 Å². The number of carbonyl (C=O) groups excluding carboxylic acids is 1. The van der Waals surface area contributed by atoms with E-state index in [1.807, 2.05) is 0 Å². The molecular weight excluding hydrogens is 350 g/mol. The molecule has 1 fully saturated rings. The van der Waals surface area contributed by atoms with E-state index in [1.54, 1.807) is 11.3 Å². The number of likely N-dealkylation sites (tertiary alicyclic amines) is 1. The predicted octanol–water partition coefficient (Wildman–Crippen LogP) is 2.87. The molecule has 2 rings (SSSR count). The second kappa shape index (κ2) is 7.22. The number of halogens is 1. The van der Waals surface area contributed by atoms with Crippen LogP contribution in [0.25, 0.3) is 0 Å². The molecule has 1 aliphatic heterocycles. The minimum absolute atomic E-state index is 0.0591. The molecule has 0 saturated carbocycles. The SMILES string of the molecule is CCC(N)C(c1cc(Br)cs1)N1CC(C(N)=O)CCC1C. The molecule has 1 aromatic rings. The van der Waals surface area contributed by atoms with Crippen molar-refractivity contribution in [1.82, 2.24) is 4.90 Å². The molecular formula is C15H24BrN3OS. The molecule has 21 heavy (non-hydrogen) atoms. The van der Waals surface area contributed by atoms with Crippen LogP contribution >= 0.6 is 27.3 Å². The van der Waals surface area contributed by atoms with E-state index >= 15 is 0 Å². The van der Waals surface area contributed by atoms with Crippen LogP contribution in [0.15, 0.2) is 15.9 Å². The Morgan fingerprint density at radius 2 is 2.29 bits per heavy atom. The molecule has 0 spiro atoms. The predicted molar refractivity (Wildman–Crippen MR) is 91.1 cm³/mol. The molecule has 4 nitrogen and oxygen atoms in total. The van der Waals surface area contributed by atoms with Gasteiger partial charge < -0.3 is 11.5 Å². The molecule has 0 aromatic carbocycles. The Kier molecular flexibility index (Phi) is 5.82. The summed E-state index contributed by atoms with van der Waals surface area (Å²) in [6.45, 7) is 5.04. The molecule has 4 unspecified atom stereocenters. The zero-order valence-corrected chi connectivity index (χ0v) is 15.0. The van der Waals surface area contributed by atoms with Crippen molar-refractivity contribution in [2.45, 2.75) is 51.2 Å². The van der Waals surface area contributed by atoms with Gasteiger partial charge in [-0.3, -0.25) is 9.69 Å². The van der Waals surface area contributed by atoms with E-state index in [0.717, 1.165) is 23.7 Å². The number of carbonyl (C=O) groups is 1. The number of thiophene rings is 1. The zero-order chi connectivity index (χ0) is 15.6. The fourth-order valence-corrected chi connectivity index (χ4v) is 4.72. The maximum Gasteiger partial charge on any atom is 0.221 e. The highest BCUT2D eigenvalue weighted by molar-refractivity contribution is 9.10. The Balaban J connectivity index is 2.28. The second-order valence-electron chi connectivity index (χ2n) is 5.91. The summed E-state index contributed by atoms with van der Waals surface area (Å²) in [5, 5.41) is 2.09.